The molecule has 0 spiro atoms. The van der Waals surface area contributed by atoms with Gasteiger partial charge in [-0.05, 0) is 23.3 Å². The summed E-state index contributed by atoms with van der Waals surface area (Å²) in [6, 6.07) is 5.18. The summed E-state index contributed by atoms with van der Waals surface area (Å²) in [4.78, 5) is 25.0. The summed E-state index contributed by atoms with van der Waals surface area (Å²) < 4.78 is 10.4. The van der Waals surface area contributed by atoms with Crippen LogP contribution in [0.2, 0.25) is 0 Å². The molecule has 1 aromatic rings. The number of esters is 1. The third-order valence-corrected chi connectivity index (χ3v) is 3.67. The van der Waals surface area contributed by atoms with Crippen molar-refractivity contribution in [1.29, 1.82) is 0 Å². The van der Waals surface area contributed by atoms with Crippen LogP contribution >= 0.6 is 15.9 Å². The second kappa shape index (κ2) is 5.61. The van der Waals surface area contributed by atoms with Crippen LogP contribution in [0.5, 0.6) is 0 Å². The van der Waals surface area contributed by atoms with Crippen molar-refractivity contribution in [3.8, 4) is 0 Å². The standard InChI is InChI=1S/C13H14BrNO4/c1-18-12(16)11-6-8-3-4-10(14)5-9(8)7-15(11)13(17)19-2/h3-5,11H,6-7H2,1-2H3. The van der Waals surface area contributed by atoms with Crippen LogP contribution in [0.4, 0.5) is 4.79 Å². The maximum atomic E-state index is 11.8. The van der Waals surface area contributed by atoms with Crippen molar-refractivity contribution in [2.75, 3.05) is 14.2 Å². The number of hydrogen-bond acceptors (Lipinski definition) is 4. The van der Waals surface area contributed by atoms with Gasteiger partial charge in [0.2, 0.25) is 0 Å². The molecule has 2 rings (SSSR count). The van der Waals surface area contributed by atoms with E-state index in [1.807, 2.05) is 18.2 Å². The Morgan fingerprint density at radius 2 is 2.00 bits per heavy atom. The summed E-state index contributed by atoms with van der Waals surface area (Å²) >= 11 is 3.40. The molecule has 0 aliphatic carbocycles. The van der Waals surface area contributed by atoms with Gasteiger partial charge in [0.1, 0.15) is 6.04 Å². The smallest absolute Gasteiger partial charge is 0.410 e. The van der Waals surface area contributed by atoms with Crippen molar-refractivity contribution < 1.29 is 19.1 Å². The first-order valence-corrected chi connectivity index (χ1v) is 6.56. The number of amides is 1. The zero-order valence-electron chi connectivity index (χ0n) is 10.7. The van der Waals surface area contributed by atoms with E-state index < -0.39 is 18.1 Å². The first-order valence-electron chi connectivity index (χ1n) is 5.76. The van der Waals surface area contributed by atoms with Gasteiger partial charge in [0.05, 0.1) is 20.8 Å². The quantitative estimate of drug-likeness (QED) is 0.741. The van der Waals surface area contributed by atoms with Gasteiger partial charge in [0.25, 0.3) is 0 Å². The van der Waals surface area contributed by atoms with Crippen LogP contribution < -0.4 is 0 Å². The summed E-state index contributed by atoms with van der Waals surface area (Å²) in [6.07, 6.45) is -0.0919. The molecule has 0 saturated heterocycles. The maximum absolute atomic E-state index is 11.8. The van der Waals surface area contributed by atoms with Crippen LogP contribution in [0.3, 0.4) is 0 Å². The fourth-order valence-electron chi connectivity index (χ4n) is 2.21. The van der Waals surface area contributed by atoms with Gasteiger partial charge in [0.15, 0.2) is 0 Å². The maximum Gasteiger partial charge on any atom is 0.410 e. The minimum absolute atomic E-state index is 0.335. The predicted molar refractivity (Wildman–Crippen MR) is 71.6 cm³/mol. The number of nitrogens with zero attached hydrogens (tertiary/aromatic N) is 1. The number of carbonyl (C=O) groups is 2. The van der Waals surface area contributed by atoms with Gasteiger partial charge < -0.3 is 9.47 Å². The van der Waals surface area contributed by atoms with Crippen molar-refractivity contribution in [1.82, 2.24) is 4.90 Å². The molecule has 1 amide bonds. The Morgan fingerprint density at radius 1 is 1.26 bits per heavy atom. The summed E-state index contributed by atoms with van der Waals surface area (Å²) in [5, 5.41) is 0. The zero-order chi connectivity index (χ0) is 14.0. The Morgan fingerprint density at radius 3 is 2.63 bits per heavy atom. The number of ether oxygens (including phenoxy) is 2. The number of halogens is 1. The van der Waals surface area contributed by atoms with Crippen LogP contribution in [0.1, 0.15) is 11.1 Å². The molecule has 19 heavy (non-hydrogen) atoms. The fourth-order valence-corrected chi connectivity index (χ4v) is 2.62. The SMILES string of the molecule is COC(=O)C1Cc2ccc(Br)cc2CN1C(=O)OC. The molecule has 0 saturated carbocycles. The van der Waals surface area contributed by atoms with E-state index in [2.05, 4.69) is 15.9 Å². The molecule has 1 heterocycles. The largest absolute Gasteiger partial charge is 0.467 e. The third-order valence-electron chi connectivity index (χ3n) is 3.18. The molecule has 1 aliphatic rings. The Hall–Kier alpha value is -1.56. The fraction of sp³-hybridized carbons (Fsp3) is 0.385. The molecule has 5 nitrogen and oxygen atoms in total. The van der Waals surface area contributed by atoms with Gasteiger partial charge in [-0.1, -0.05) is 22.0 Å². The van der Waals surface area contributed by atoms with Crippen LogP contribution in [-0.4, -0.2) is 37.2 Å². The molecule has 0 bridgehead atoms. The van der Waals surface area contributed by atoms with Gasteiger partial charge >= 0.3 is 12.1 Å². The first kappa shape index (κ1) is 13.9. The molecule has 102 valence electrons. The van der Waals surface area contributed by atoms with Crippen molar-refractivity contribution in [2.45, 2.75) is 19.0 Å². The lowest BCUT2D eigenvalue weighted by Gasteiger charge is -2.34. The lowest BCUT2D eigenvalue weighted by atomic mass is 9.94. The molecule has 6 heteroatoms. The van der Waals surface area contributed by atoms with Crippen LogP contribution in [0.25, 0.3) is 0 Å². The molecule has 0 radical (unpaired) electrons. The number of carbonyl (C=O) groups excluding carboxylic acids is 2. The van der Waals surface area contributed by atoms with E-state index in [1.54, 1.807) is 0 Å². The number of hydrogen-bond donors (Lipinski definition) is 0. The van der Waals surface area contributed by atoms with Gasteiger partial charge in [-0.25, -0.2) is 9.59 Å². The molecule has 1 atom stereocenters. The van der Waals surface area contributed by atoms with E-state index in [0.717, 1.165) is 15.6 Å². The highest BCUT2D eigenvalue weighted by atomic mass is 79.9. The Bertz CT molecular complexity index is 517. The highest BCUT2D eigenvalue weighted by Gasteiger charge is 2.36. The second-order valence-corrected chi connectivity index (χ2v) is 5.17. The molecule has 0 aromatic heterocycles. The van der Waals surface area contributed by atoms with Gasteiger partial charge in [-0.3, -0.25) is 4.90 Å². The van der Waals surface area contributed by atoms with Crippen molar-refractivity contribution >= 4 is 28.0 Å². The van der Waals surface area contributed by atoms with Crippen LogP contribution in [0.15, 0.2) is 22.7 Å². The summed E-state index contributed by atoms with van der Waals surface area (Å²) in [6.45, 7) is 0.335. The first-order chi connectivity index (χ1) is 9.06. The molecular weight excluding hydrogens is 314 g/mol. The zero-order valence-corrected chi connectivity index (χ0v) is 12.3. The Balaban J connectivity index is 2.36. The van der Waals surface area contributed by atoms with Crippen LogP contribution in [-0.2, 0) is 27.2 Å². The number of benzene rings is 1. The van der Waals surface area contributed by atoms with E-state index in [1.165, 1.54) is 19.1 Å². The van der Waals surface area contributed by atoms with Gasteiger partial charge in [-0.2, -0.15) is 0 Å². The number of methoxy groups -OCH3 is 2. The topological polar surface area (TPSA) is 55.8 Å². The summed E-state index contributed by atoms with van der Waals surface area (Å²) in [7, 11) is 2.61. The van der Waals surface area contributed by atoms with E-state index in [4.69, 9.17) is 9.47 Å². The third kappa shape index (κ3) is 2.73. The van der Waals surface area contributed by atoms with E-state index in [0.29, 0.717) is 13.0 Å². The Labute approximate surface area is 119 Å². The van der Waals surface area contributed by atoms with Gasteiger partial charge in [0, 0.05) is 10.9 Å². The predicted octanol–water partition coefficient (Wildman–Crippen LogP) is 2.12. The highest BCUT2D eigenvalue weighted by molar-refractivity contribution is 9.10. The lowest BCUT2D eigenvalue weighted by molar-refractivity contribution is -0.146. The lowest BCUT2D eigenvalue weighted by Crippen LogP contribution is -2.49. The summed E-state index contributed by atoms with van der Waals surface area (Å²) in [5.74, 6) is -0.432. The monoisotopic (exact) mass is 327 g/mol. The number of fused-ring (bicyclic) bond motifs is 1. The van der Waals surface area contributed by atoms with Crippen molar-refractivity contribution in [2.24, 2.45) is 0 Å². The summed E-state index contributed by atoms with van der Waals surface area (Å²) in [5.41, 5.74) is 2.04. The molecule has 1 aliphatic heterocycles. The molecule has 0 fully saturated rings. The molecule has 0 N–H and O–H groups in total. The average molecular weight is 328 g/mol. The van der Waals surface area contributed by atoms with E-state index >= 15 is 0 Å². The minimum atomic E-state index is -0.633. The Kier molecular flexibility index (Phi) is 4.09. The van der Waals surface area contributed by atoms with E-state index in [-0.39, 0.29) is 0 Å². The van der Waals surface area contributed by atoms with Crippen molar-refractivity contribution in [3.63, 3.8) is 0 Å². The van der Waals surface area contributed by atoms with E-state index in [9.17, 15) is 9.59 Å². The molecular formula is C13H14BrNO4. The van der Waals surface area contributed by atoms with Crippen molar-refractivity contribution in [3.05, 3.63) is 33.8 Å². The molecule has 1 aromatic carbocycles. The van der Waals surface area contributed by atoms with Crippen LogP contribution in [0, 0.1) is 0 Å². The normalized spacial score (nSPS) is 17.6. The number of rotatable bonds is 1. The van der Waals surface area contributed by atoms with Gasteiger partial charge in [-0.15, -0.1) is 0 Å². The minimum Gasteiger partial charge on any atom is -0.467 e. The highest BCUT2D eigenvalue weighted by Crippen LogP contribution is 2.27. The molecule has 1 unspecified atom stereocenters. The average Bonchev–Trinajstić information content (AvgIpc) is 2.44. The second-order valence-electron chi connectivity index (χ2n) is 4.25.